The quantitative estimate of drug-likeness (QED) is 0.644. The number of hydrogen-bond donors (Lipinski definition) is 2. The minimum atomic E-state index is -0.449. The number of hydrogen-bond acceptors (Lipinski definition) is 8. The van der Waals surface area contributed by atoms with Gasteiger partial charge in [-0.2, -0.15) is 10.2 Å². The number of anilines is 2. The Morgan fingerprint density at radius 1 is 1.03 bits per heavy atom. The van der Waals surface area contributed by atoms with E-state index in [-0.39, 0.29) is 11.8 Å². The van der Waals surface area contributed by atoms with E-state index >= 15 is 0 Å². The molecule has 2 N–H and O–H groups in total. The van der Waals surface area contributed by atoms with Gasteiger partial charge in [0.15, 0.2) is 5.78 Å². The second-order valence-electron chi connectivity index (χ2n) is 10.5. The summed E-state index contributed by atoms with van der Waals surface area (Å²) in [4.78, 5) is 31.2. The van der Waals surface area contributed by atoms with E-state index in [2.05, 4.69) is 63.8 Å². The topological polar surface area (TPSA) is 102 Å². The minimum absolute atomic E-state index is 0.141. The lowest BCUT2D eigenvalue weighted by molar-refractivity contribution is 0.0207. The van der Waals surface area contributed by atoms with Crippen LogP contribution >= 0.6 is 0 Å². The van der Waals surface area contributed by atoms with E-state index < -0.39 is 6.04 Å². The third-order valence-electron chi connectivity index (χ3n) is 8.05. The van der Waals surface area contributed by atoms with Gasteiger partial charge in [0.2, 0.25) is 0 Å². The van der Waals surface area contributed by atoms with Gasteiger partial charge in [-0.05, 0) is 44.7 Å². The molecule has 2 amide bonds. The summed E-state index contributed by atoms with van der Waals surface area (Å²) in [6.45, 7) is 8.81. The Bertz CT molecular complexity index is 1300. The molecule has 3 atom stereocenters. The number of urea groups is 1. The molecule has 10 nitrogen and oxygen atoms in total. The van der Waals surface area contributed by atoms with Crippen LogP contribution in [0.3, 0.4) is 0 Å². The number of morpholine rings is 1. The Balaban J connectivity index is 1.23. The van der Waals surface area contributed by atoms with Crippen molar-refractivity contribution in [3.8, 4) is 0 Å². The number of likely N-dealkylation sites (N-methyl/N-ethyl adjacent to an activating group) is 1. The zero-order valence-corrected chi connectivity index (χ0v) is 22.0. The van der Waals surface area contributed by atoms with Gasteiger partial charge < -0.3 is 15.0 Å². The third kappa shape index (κ3) is 4.38. The summed E-state index contributed by atoms with van der Waals surface area (Å²) in [5.41, 5.74) is 7.76. The standard InChI is InChI=1S/C28H33N7O3/c1-17-15-34(16-18(2)33(17)3)20-9-7-19(8-10-20)25-24-26(31-30-25)21-5-4-6-22(23(21)27(24)36)29-28(37)32-35-11-13-38-14-12-35/h4-10,17-18,26H,11-16H2,1-3H3,(H2,29,32,37). The monoisotopic (exact) mass is 515 g/mol. The van der Waals surface area contributed by atoms with E-state index in [1.807, 2.05) is 24.3 Å². The lowest BCUT2D eigenvalue weighted by atomic mass is 10.0. The minimum Gasteiger partial charge on any atom is -0.379 e. The fourth-order valence-corrected chi connectivity index (χ4v) is 5.72. The van der Waals surface area contributed by atoms with Crippen molar-refractivity contribution < 1.29 is 14.3 Å². The molecule has 3 aliphatic heterocycles. The van der Waals surface area contributed by atoms with Crippen LogP contribution in [0.4, 0.5) is 16.2 Å². The summed E-state index contributed by atoms with van der Waals surface area (Å²) >= 11 is 0. The highest BCUT2D eigenvalue weighted by molar-refractivity contribution is 6.22. The van der Waals surface area contributed by atoms with Crippen molar-refractivity contribution in [3.05, 3.63) is 64.7 Å². The van der Waals surface area contributed by atoms with Crippen molar-refractivity contribution in [2.45, 2.75) is 32.0 Å². The van der Waals surface area contributed by atoms with Crippen LogP contribution in [-0.2, 0) is 4.74 Å². The molecule has 198 valence electrons. The average molecular weight is 516 g/mol. The second-order valence-corrected chi connectivity index (χ2v) is 10.5. The molecular weight excluding hydrogens is 482 g/mol. The SMILES string of the molecule is CC1CN(c2ccc(C3=C4C(=O)c5c(NC(=O)NN6CCOCC6)cccc5C4N=N3)cc2)CC(C)N1C. The number of nitrogens with zero attached hydrogens (tertiary/aromatic N) is 5. The molecule has 2 aromatic carbocycles. The molecule has 2 fully saturated rings. The number of ketones is 1. The first-order valence-corrected chi connectivity index (χ1v) is 13.2. The molecule has 38 heavy (non-hydrogen) atoms. The molecule has 2 aromatic rings. The van der Waals surface area contributed by atoms with Gasteiger partial charge in [-0.25, -0.2) is 9.80 Å². The molecule has 6 rings (SSSR count). The molecule has 0 bridgehead atoms. The maximum atomic E-state index is 13.7. The summed E-state index contributed by atoms with van der Waals surface area (Å²) in [6.07, 6.45) is 0. The second kappa shape index (κ2) is 9.94. The number of hydrazine groups is 1. The van der Waals surface area contributed by atoms with Crippen LogP contribution in [0.1, 0.15) is 41.4 Å². The predicted octanol–water partition coefficient (Wildman–Crippen LogP) is 3.70. The van der Waals surface area contributed by atoms with Crippen LogP contribution in [0, 0.1) is 0 Å². The van der Waals surface area contributed by atoms with Gasteiger partial charge in [0.25, 0.3) is 0 Å². The van der Waals surface area contributed by atoms with Crippen molar-refractivity contribution in [2.75, 3.05) is 56.7 Å². The van der Waals surface area contributed by atoms with Crippen molar-refractivity contribution in [2.24, 2.45) is 10.2 Å². The molecule has 0 spiro atoms. The van der Waals surface area contributed by atoms with Gasteiger partial charge in [-0.1, -0.05) is 24.3 Å². The van der Waals surface area contributed by atoms with E-state index in [1.54, 1.807) is 11.1 Å². The predicted molar refractivity (Wildman–Crippen MR) is 145 cm³/mol. The molecule has 0 radical (unpaired) electrons. The number of ether oxygens (including phenoxy) is 1. The third-order valence-corrected chi connectivity index (χ3v) is 8.05. The van der Waals surface area contributed by atoms with E-state index in [9.17, 15) is 9.59 Å². The highest BCUT2D eigenvalue weighted by Gasteiger charge is 2.42. The van der Waals surface area contributed by atoms with Crippen LogP contribution in [0.15, 0.2) is 58.3 Å². The van der Waals surface area contributed by atoms with Crippen molar-refractivity contribution in [1.82, 2.24) is 15.3 Å². The molecule has 1 aliphatic carbocycles. The number of carbonyl (C=O) groups excluding carboxylic acids is 2. The maximum absolute atomic E-state index is 13.7. The zero-order valence-electron chi connectivity index (χ0n) is 22.0. The summed E-state index contributed by atoms with van der Waals surface area (Å²) in [7, 11) is 2.18. The summed E-state index contributed by atoms with van der Waals surface area (Å²) in [6, 6.07) is 13.8. The number of piperazine rings is 1. The van der Waals surface area contributed by atoms with Gasteiger partial charge in [-0.3, -0.25) is 15.1 Å². The first kappa shape index (κ1) is 24.7. The van der Waals surface area contributed by atoms with Gasteiger partial charge >= 0.3 is 6.03 Å². The van der Waals surface area contributed by atoms with Crippen LogP contribution in [-0.4, -0.2) is 80.2 Å². The smallest absolute Gasteiger partial charge is 0.333 e. The Morgan fingerprint density at radius 3 is 2.45 bits per heavy atom. The normalized spacial score (nSPS) is 25.5. The molecule has 10 heteroatoms. The van der Waals surface area contributed by atoms with Crippen molar-refractivity contribution >= 4 is 28.9 Å². The highest BCUT2D eigenvalue weighted by atomic mass is 16.5. The summed E-state index contributed by atoms with van der Waals surface area (Å²) in [5.74, 6) is -0.141. The first-order valence-electron chi connectivity index (χ1n) is 13.2. The average Bonchev–Trinajstić information content (AvgIpc) is 3.48. The number of nitrogens with one attached hydrogen (secondary N) is 2. The lowest BCUT2D eigenvalue weighted by Crippen LogP contribution is -2.55. The molecule has 0 saturated carbocycles. The van der Waals surface area contributed by atoms with E-state index in [1.165, 1.54) is 0 Å². The number of Topliss-reactive ketones (excluding diaryl/α,β-unsaturated/α-hetero) is 1. The van der Waals surface area contributed by atoms with Gasteiger partial charge in [-0.15, -0.1) is 0 Å². The van der Waals surface area contributed by atoms with Crippen molar-refractivity contribution in [3.63, 3.8) is 0 Å². The fraction of sp³-hybridized carbons (Fsp3) is 0.429. The number of carbonyl (C=O) groups is 2. The number of fused-ring (bicyclic) bond motifs is 3. The fourth-order valence-electron chi connectivity index (χ4n) is 5.72. The van der Waals surface area contributed by atoms with Gasteiger partial charge in [0.1, 0.15) is 11.7 Å². The van der Waals surface area contributed by atoms with E-state index in [0.717, 1.165) is 29.9 Å². The van der Waals surface area contributed by atoms with Crippen LogP contribution in [0.2, 0.25) is 0 Å². The molecule has 2 saturated heterocycles. The number of azo groups is 1. The Morgan fingerprint density at radius 2 is 1.74 bits per heavy atom. The molecule has 3 heterocycles. The number of benzene rings is 2. The van der Waals surface area contributed by atoms with Crippen molar-refractivity contribution in [1.29, 1.82) is 0 Å². The molecule has 3 unspecified atom stereocenters. The summed E-state index contributed by atoms with van der Waals surface area (Å²) < 4.78 is 5.33. The molecular formula is C28H33N7O3. The largest absolute Gasteiger partial charge is 0.379 e. The van der Waals surface area contributed by atoms with Crippen LogP contribution < -0.4 is 15.6 Å². The Labute approximate surface area is 222 Å². The highest BCUT2D eigenvalue weighted by Crippen LogP contribution is 2.49. The first-order chi connectivity index (χ1) is 18.4. The van der Waals surface area contributed by atoms with Gasteiger partial charge in [0, 0.05) is 49.5 Å². The molecule has 0 aromatic heterocycles. The maximum Gasteiger partial charge on any atom is 0.333 e. The van der Waals surface area contributed by atoms with Crippen LogP contribution in [0.5, 0.6) is 0 Å². The zero-order chi connectivity index (χ0) is 26.4. The van der Waals surface area contributed by atoms with E-state index in [0.29, 0.717) is 60.9 Å². The summed E-state index contributed by atoms with van der Waals surface area (Å²) in [5, 5.41) is 13.6. The van der Waals surface area contributed by atoms with Crippen LogP contribution in [0.25, 0.3) is 5.70 Å². The Hall–Kier alpha value is -3.60. The Kier molecular flexibility index (Phi) is 6.46. The van der Waals surface area contributed by atoms with Gasteiger partial charge in [0.05, 0.1) is 30.0 Å². The molecule has 4 aliphatic rings. The number of amides is 2. The lowest BCUT2D eigenvalue weighted by Gasteiger charge is -2.43. The number of rotatable bonds is 4. The van der Waals surface area contributed by atoms with E-state index in [4.69, 9.17) is 4.74 Å².